The van der Waals surface area contributed by atoms with Gasteiger partial charge in [-0.25, -0.2) is 0 Å². The van der Waals surface area contributed by atoms with E-state index in [2.05, 4.69) is 31.1 Å². The fourth-order valence-corrected chi connectivity index (χ4v) is 1.81. The Labute approximate surface area is 103 Å². The highest BCUT2D eigenvalue weighted by molar-refractivity contribution is 6.12. The van der Waals surface area contributed by atoms with Crippen molar-refractivity contribution in [3.05, 3.63) is 12.3 Å². The molecular weight excluding hydrogens is 216 g/mol. The summed E-state index contributed by atoms with van der Waals surface area (Å²) in [4.78, 5) is 24.2. The number of carbonyl (C=O) groups excluding carboxylic acids is 2. The number of nitrogens with one attached hydrogen (secondary N) is 1. The van der Waals surface area contributed by atoms with Crippen LogP contribution < -0.4 is 5.32 Å². The summed E-state index contributed by atoms with van der Waals surface area (Å²) >= 11 is 0. The molecule has 0 amide bonds. The van der Waals surface area contributed by atoms with Gasteiger partial charge in [-0.05, 0) is 30.0 Å². The lowest BCUT2D eigenvalue weighted by Crippen LogP contribution is -2.28. The van der Waals surface area contributed by atoms with Gasteiger partial charge in [-0.3, -0.25) is 14.6 Å². The van der Waals surface area contributed by atoms with Crippen LogP contribution in [0.1, 0.15) is 27.2 Å². The number of rotatable bonds is 9. The molecule has 4 nitrogen and oxygen atoms in total. The molecule has 0 aromatic carbocycles. The number of aldehydes is 2. The molecule has 0 aromatic heterocycles. The first kappa shape index (κ1) is 15.6. The monoisotopic (exact) mass is 238 g/mol. The van der Waals surface area contributed by atoms with Crippen molar-refractivity contribution >= 4 is 18.8 Å². The molecule has 0 saturated heterocycles. The smallest absolute Gasteiger partial charge is 0.160 e. The summed E-state index contributed by atoms with van der Waals surface area (Å²) < 4.78 is 0. The predicted molar refractivity (Wildman–Crippen MR) is 70.2 cm³/mol. The van der Waals surface area contributed by atoms with E-state index in [-0.39, 0.29) is 5.41 Å². The van der Waals surface area contributed by atoms with Gasteiger partial charge in [0, 0.05) is 13.1 Å². The first-order chi connectivity index (χ1) is 8.02. The Kier molecular flexibility index (Phi) is 7.93. The Balaban J connectivity index is 3.96. The Morgan fingerprint density at radius 1 is 1.29 bits per heavy atom. The highest BCUT2D eigenvalue weighted by Gasteiger charge is 2.20. The molecule has 0 rings (SSSR count). The molecule has 96 valence electrons. The normalized spacial score (nSPS) is 14.1. The maximum absolute atomic E-state index is 10.1. The largest absolute Gasteiger partial charge is 0.390 e. The zero-order chi connectivity index (χ0) is 13.1. The Hall–Kier alpha value is -1.45. The zero-order valence-corrected chi connectivity index (χ0v) is 10.8. The van der Waals surface area contributed by atoms with Crippen LogP contribution in [0.3, 0.4) is 0 Å². The summed E-state index contributed by atoms with van der Waals surface area (Å²) in [6.07, 6.45) is 6.85. The molecule has 0 saturated carbocycles. The van der Waals surface area contributed by atoms with Gasteiger partial charge in [0.05, 0.1) is 6.21 Å². The molecule has 0 aliphatic rings. The van der Waals surface area contributed by atoms with E-state index < -0.39 is 0 Å². The number of nitrogens with zero attached hydrogens (tertiary/aromatic N) is 1. The van der Waals surface area contributed by atoms with Gasteiger partial charge in [0.2, 0.25) is 0 Å². The lowest BCUT2D eigenvalue weighted by Gasteiger charge is -2.27. The van der Waals surface area contributed by atoms with Crippen LogP contribution in [-0.4, -0.2) is 31.9 Å². The Morgan fingerprint density at radius 3 is 2.59 bits per heavy atom. The molecule has 0 spiro atoms. The van der Waals surface area contributed by atoms with E-state index in [1.165, 1.54) is 12.3 Å². The first-order valence-corrected chi connectivity index (χ1v) is 5.79. The summed E-state index contributed by atoms with van der Waals surface area (Å²) in [6, 6.07) is 0. The van der Waals surface area contributed by atoms with Gasteiger partial charge >= 0.3 is 0 Å². The third kappa shape index (κ3) is 9.48. The van der Waals surface area contributed by atoms with Crippen molar-refractivity contribution in [1.82, 2.24) is 5.32 Å². The van der Waals surface area contributed by atoms with Gasteiger partial charge in [-0.15, -0.1) is 0 Å². The molecule has 0 bridgehead atoms. The molecular formula is C13H22N2O2. The van der Waals surface area contributed by atoms with Crippen LogP contribution in [0, 0.1) is 11.3 Å². The number of carbonyl (C=O) groups is 2. The minimum Gasteiger partial charge on any atom is -0.390 e. The lowest BCUT2D eigenvalue weighted by atomic mass is 9.83. The standard InChI is InChI=1S/C13H22N2O2/c1-12(10-14-6-8-17)9-13(2,3)11-15-5-4-7-16/h4-8,12,15H,9-11H2,1-3H3/b5-4+,14-6?. The van der Waals surface area contributed by atoms with Gasteiger partial charge in [0.1, 0.15) is 6.29 Å². The second-order valence-corrected chi connectivity index (χ2v) is 5.00. The molecule has 0 aliphatic carbocycles. The first-order valence-electron chi connectivity index (χ1n) is 5.79. The molecule has 1 N–H and O–H groups in total. The fraction of sp³-hybridized carbons (Fsp3) is 0.615. The number of aliphatic imine (C=N–C) groups is 1. The minimum atomic E-state index is 0.128. The number of allylic oxidation sites excluding steroid dienone is 1. The lowest BCUT2D eigenvalue weighted by molar-refractivity contribution is -0.104. The molecule has 4 heteroatoms. The van der Waals surface area contributed by atoms with Gasteiger partial charge in [-0.1, -0.05) is 20.8 Å². The molecule has 0 aliphatic heterocycles. The van der Waals surface area contributed by atoms with E-state index in [1.54, 1.807) is 6.20 Å². The molecule has 17 heavy (non-hydrogen) atoms. The Bertz CT molecular complexity index is 283. The summed E-state index contributed by atoms with van der Waals surface area (Å²) in [5, 5.41) is 3.09. The third-order valence-corrected chi connectivity index (χ3v) is 2.36. The second-order valence-electron chi connectivity index (χ2n) is 5.00. The van der Waals surface area contributed by atoms with Crippen LogP contribution in [0.25, 0.3) is 0 Å². The van der Waals surface area contributed by atoms with Crippen molar-refractivity contribution < 1.29 is 9.59 Å². The maximum Gasteiger partial charge on any atom is 0.160 e. The molecule has 1 atom stereocenters. The van der Waals surface area contributed by atoms with Crippen molar-refractivity contribution in [1.29, 1.82) is 0 Å². The van der Waals surface area contributed by atoms with Crippen molar-refractivity contribution in [2.45, 2.75) is 27.2 Å². The minimum absolute atomic E-state index is 0.128. The van der Waals surface area contributed by atoms with Gasteiger partial charge < -0.3 is 5.32 Å². The van der Waals surface area contributed by atoms with Crippen molar-refractivity contribution in [3.8, 4) is 0 Å². The SMILES string of the molecule is CC(CN=CC=O)CC(C)(C)CN/C=C/C=O. The Morgan fingerprint density at radius 2 is 2.00 bits per heavy atom. The quantitative estimate of drug-likeness (QED) is 0.377. The van der Waals surface area contributed by atoms with Crippen LogP contribution >= 0.6 is 0 Å². The molecule has 0 radical (unpaired) electrons. The van der Waals surface area contributed by atoms with Crippen molar-refractivity contribution in [2.24, 2.45) is 16.3 Å². The second kappa shape index (κ2) is 8.67. The summed E-state index contributed by atoms with van der Waals surface area (Å²) in [6.45, 7) is 7.92. The van der Waals surface area contributed by atoms with Gasteiger partial charge in [0.15, 0.2) is 6.29 Å². The average molecular weight is 238 g/mol. The number of hydrogen-bond acceptors (Lipinski definition) is 4. The third-order valence-electron chi connectivity index (χ3n) is 2.36. The predicted octanol–water partition coefficient (Wildman–Crippen LogP) is 1.61. The molecule has 0 aromatic rings. The van der Waals surface area contributed by atoms with Crippen LogP contribution in [0.5, 0.6) is 0 Å². The topological polar surface area (TPSA) is 58.5 Å². The van der Waals surface area contributed by atoms with Gasteiger partial charge in [-0.2, -0.15) is 0 Å². The van der Waals surface area contributed by atoms with E-state index >= 15 is 0 Å². The van der Waals surface area contributed by atoms with E-state index in [4.69, 9.17) is 0 Å². The van der Waals surface area contributed by atoms with E-state index in [0.717, 1.165) is 19.3 Å². The zero-order valence-electron chi connectivity index (χ0n) is 10.8. The van der Waals surface area contributed by atoms with Crippen LogP contribution in [0.15, 0.2) is 17.3 Å². The highest BCUT2D eigenvalue weighted by atomic mass is 16.1. The van der Waals surface area contributed by atoms with Crippen molar-refractivity contribution in [2.75, 3.05) is 13.1 Å². The van der Waals surface area contributed by atoms with Crippen LogP contribution in [0.2, 0.25) is 0 Å². The van der Waals surface area contributed by atoms with Gasteiger partial charge in [0.25, 0.3) is 0 Å². The van der Waals surface area contributed by atoms with E-state index in [1.807, 2.05) is 0 Å². The van der Waals surface area contributed by atoms with E-state index in [9.17, 15) is 9.59 Å². The van der Waals surface area contributed by atoms with Crippen molar-refractivity contribution in [3.63, 3.8) is 0 Å². The van der Waals surface area contributed by atoms with E-state index in [0.29, 0.717) is 18.7 Å². The van der Waals surface area contributed by atoms with Crippen LogP contribution in [-0.2, 0) is 9.59 Å². The summed E-state index contributed by atoms with van der Waals surface area (Å²) in [5.41, 5.74) is 0.128. The average Bonchev–Trinajstić information content (AvgIpc) is 2.24. The summed E-state index contributed by atoms with van der Waals surface area (Å²) in [7, 11) is 0. The maximum atomic E-state index is 10.1. The highest BCUT2D eigenvalue weighted by Crippen LogP contribution is 2.24. The number of hydrogen-bond donors (Lipinski definition) is 1. The molecule has 0 fully saturated rings. The summed E-state index contributed by atoms with van der Waals surface area (Å²) in [5.74, 6) is 0.429. The fourth-order valence-electron chi connectivity index (χ4n) is 1.81. The van der Waals surface area contributed by atoms with Crippen LogP contribution in [0.4, 0.5) is 0 Å². The molecule has 1 unspecified atom stereocenters. The molecule has 0 heterocycles.